The van der Waals surface area contributed by atoms with E-state index in [2.05, 4.69) is 27.4 Å². The second-order valence-corrected chi connectivity index (χ2v) is 11.6. The van der Waals surface area contributed by atoms with Crippen molar-refractivity contribution in [1.82, 2.24) is 20.4 Å². The third kappa shape index (κ3) is 5.02. The van der Waals surface area contributed by atoms with Gasteiger partial charge in [0.2, 0.25) is 5.91 Å². The van der Waals surface area contributed by atoms with Crippen LogP contribution in [-0.4, -0.2) is 78.3 Å². The topological polar surface area (TPSA) is 47.6 Å². The summed E-state index contributed by atoms with van der Waals surface area (Å²) in [7, 11) is 0. The van der Waals surface area contributed by atoms with Crippen LogP contribution in [0, 0.1) is 11.8 Å². The van der Waals surface area contributed by atoms with Crippen molar-refractivity contribution >= 4 is 5.91 Å². The Morgan fingerprint density at radius 2 is 1.53 bits per heavy atom. The average Bonchev–Trinajstić information content (AvgIpc) is 3.30. The first-order valence-corrected chi connectivity index (χ1v) is 13.8. The fourth-order valence-corrected chi connectivity index (χ4v) is 7.64. The minimum absolute atomic E-state index is 0.0223. The zero-order valence-electron chi connectivity index (χ0n) is 20.1. The molecule has 0 radical (unpaired) electrons. The first kappa shape index (κ1) is 23.0. The summed E-state index contributed by atoms with van der Waals surface area (Å²) in [6, 6.07) is 1.69. The molecule has 2 saturated heterocycles. The number of carbonyl (C=O) groups is 1. The predicted octanol–water partition coefficient (Wildman–Crippen LogP) is 3.48. The zero-order chi connectivity index (χ0) is 22.1. The first-order valence-electron chi connectivity index (χ1n) is 13.8. The molecule has 5 nitrogen and oxygen atoms in total. The van der Waals surface area contributed by atoms with Gasteiger partial charge >= 0.3 is 0 Å². The van der Waals surface area contributed by atoms with Gasteiger partial charge < -0.3 is 10.6 Å². The molecule has 0 aromatic heterocycles. The highest BCUT2D eigenvalue weighted by molar-refractivity contribution is 5.82. The van der Waals surface area contributed by atoms with Crippen molar-refractivity contribution in [3.05, 3.63) is 0 Å². The summed E-state index contributed by atoms with van der Waals surface area (Å²) in [5.41, 5.74) is 0. The number of amides is 1. The molecule has 3 saturated carbocycles. The highest BCUT2D eigenvalue weighted by atomic mass is 19.1. The lowest BCUT2D eigenvalue weighted by molar-refractivity contribution is -0.124. The van der Waals surface area contributed by atoms with Gasteiger partial charge in [0.15, 0.2) is 0 Å². The van der Waals surface area contributed by atoms with Crippen molar-refractivity contribution in [2.75, 3.05) is 26.2 Å². The van der Waals surface area contributed by atoms with Crippen LogP contribution < -0.4 is 10.6 Å². The highest BCUT2D eigenvalue weighted by Crippen LogP contribution is 2.38. The van der Waals surface area contributed by atoms with Gasteiger partial charge in [0, 0.05) is 56.3 Å². The molecule has 5 aliphatic rings. The third-order valence-corrected chi connectivity index (χ3v) is 9.60. The molecule has 2 aliphatic heterocycles. The van der Waals surface area contributed by atoms with Crippen molar-refractivity contribution < 1.29 is 9.18 Å². The molecule has 5 fully saturated rings. The van der Waals surface area contributed by atoms with Crippen molar-refractivity contribution in [1.29, 1.82) is 0 Å². The second kappa shape index (κ2) is 10.3. The molecule has 1 amide bonds. The van der Waals surface area contributed by atoms with E-state index < -0.39 is 6.17 Å². The van der Waals surface area contributed by atoms with Gasteiger partial charge in [0.05, 0.1) is 6.04 Å². The number of hydrogen-bond acceptors (Lipinski definition) is 4. The predicted molar refractivity (Wildman–Crippen MR) is 126 cm³/mol. The summed E-state index contributed by atoms with van der Waals surface area (Å²) in [5, 5.41) is 6.87. The largest absolute Gasteiger partial charge is 0.352 e. The molecular formula is C26H45FN4O. The summed E-state index contributed by atoms with van der Waals surface area (Å²) in [6.07, 6.45) is 13.2. The van der Waals surface area contributed by atoms with Crippen LogP contribution in [0.3, 0.4) is 0 Å². The number of halogens is 1. The molecule has 0 aromatic rings. The van der Waals surface area contributed by atoms with Crippen LogP contribution in [0.25, 0.3) is 0 Å². The minimum atomic E-state index is -0.743. The average molecular weight is 449 g/mol. The molecule has 2 heterocycles. The van der Waals surface area contributed by atoms with E-state index in [-0.39, 0.29) is 30.0 Å². The van der Waals surface area contributed by atoms with Crippen LogP contribution in [0.4, 0.5) is 4.39 Å². The summed E-state index contributed by atoms with van der Waals surface area (Å²) < 4.78 is 14.4. The van der Waals surface area contributed by atoms with Gasteiger partial charge in [-0.3, -0.25) is 14.6 Å². The van der Waals surface area contributed by atoms with Gasteiger partial charge in [0.25, 0.3) is 0 Å². The van der Waals surface area contributed by atoms with E-state index in [0.29, 0.717) is 24.8 Å². The molecule has 2 N–H and O–H groups in total. The Balaban J connectivity index is 1.09. The van der Waals surface area contributed by atoms with Crippen molar-refractivity contribution in [3.8, 4) is 0 Å². The Morgan fingerprint density at radius 3 is 2.25 bits per heavy atom. The lowest BCUT2D eigenvalue weighted by Crippen LogP contribution is -2.56. The SMILES string of the molecule is CC1CCC(F)C2CC(C(=O)NC3CCCC(N4CCN(C5CCCCC5)CC4)C3)NC12. The fraction of sp³-hybridized carbons (Fsp3) is 0.962. The molecule has 182 valence electrons. The summed E-state index contributed by atoms with van der Waals surface area (Å²) in [6.45, 7) is 7.01. The smallest absolute Gasteiger partial charge is 0.237 e. The molecule has 3 aliphatic carbocycles. The molecule has 0 bridgehead atoms. The van der Waals surface area contributed by atoms with Crippen LogP contribution in [0.5, 0.6) is 0 Å². The molecule has 0 spiro atoms. The quantitative estimate of drug-likeness (QED) is 0.691. The van der Waals surface area contributed by atoms with Gasteiger partial charge in [0.1, 0.15) is 6.17 Å². The summed E-state index contributed by atoms with van der Waals surface area (Å²) in [5.74, 6) is 0.608. The van der Waals surface area contributed by atoms with E-state index in [0.717, 1.165) is 25.3 Å². The molecular weight excluding hydrogens is 403 g/mol. The number of hydrogen-bond donors (Lipinski definition) is 2. The van der Waals surface area contributed by atoms with E-state index in [4.69, 9.17) is 0 Å². The van der Waals surface area contributed by atoms with E-state index in [9.17, 15) is 9.18 Å². The third-order valence-electron chi connectivity index (χ3n) is 9.60. The van der Waals surface area contributed by atoms with Crippen LogP contribution >= 0.6 is 0 Å². The van der Waals surface area contributed by atoms with Crippen LogP contribution in [-0.2, 0) is 4.79 Å². The number of fused-ring (bicyclic) bond motifs is 1. The highest BCUT2D eigenvalue weighted by Gasteiger charge is 2.46. The van der Waals surface area contributed by atoms with Gasteiger partial charge in [-0.2, -0.15) is 0 Å². The molecule has 5 rings (SSSR count). The molecule has 6 heteroatoms. The lowest BCUT2D eigenvalue weighted by atomic mass is 9.77. The van der Waals surface area contributed by atoms with Crippen LogP contribution in [0.1, 0.15) is 84.0 Å². The standard InChI is InChI=1S/C26H45FN4O/c1-18-10-11-23(27)22-17-24(29-25(18)22)26(32)28-19-6-5-9-21(16-19)31-14-12-30(13-15-31)20-7-3-2-4-8-20/h18-25,29H,2-17H2,1H3,(H,28,32). The van der Waals surface area contributed by atoms with E-state index in [1.165, 1.54) is 71.1 Å². The Kier molecular flexibility index (Phi) is 7.39. The maximum absolute atomic E-state index is 14.4. The monoisotopic (exact) mass is 448 g/mol. The molecule has 7 unspecified atom stereocenters. The zero-order valence-corrected chi connectivity index (χ0v) is 20.1. The second-order valence-electron chi connectivity index (χ2n) is 11.6. The van der Waals surface area contributed by atoms with Crippen molar-refractivity contribution in [3.63, 3.8) is 0 Å². The van der Waals surface area contributed by atoms with Crippen LogP contribution in [0.2, 0.25) is 0 Å². The number of nitrogens with one attached hydrogen (secondary N) is 2. The van der Waals surface area contributed by atoms with Gasteiger partial charge in [-0.05, 0) is 63.7 Å². The van der Waals surface area contributed by atoms with Gasteiger partial charge in [-0.25, -0.2) is 4.39 Å². The van der Waals surface area contributed by atoms with E-state index in [1.54, 1.807) is 0 Å². The first-order chi connectivity index (χ1) is 15.6. The number of rotatable bonds is 4. The summed E-state index contributed by atoms with van der Waals surface area (Å²) >= 11 is 0. The lowest BCUT2D eigenvalue weighted by Gasteiger charge is -2.45. The maximum atomic E-state index is 14.4. The van der Waals surface area contributed by atoms with E-state index in [1.807, 2.05) is 0 Å². The van der Waals surface area contributed by atoms with Gasteiger partial charge in [-0.1, -0.05) is 26.2 Å². The Labute approximate surface area is 194 Å². The minimum Gasteiger partial charge on any atom is -0.352 e. The maximum Gasteiger partial charge on any atom is 0.237 e. The molecule has 0 aromatic carbocycles. The van der Waals surface area contributed by atoms with Crippen LogP contribution in [0.15, 0.2) is 0 Å². The summed E-state index contributed by atoms with van der Waals surface area (Å²) in [4.78, 5) is 18.5. The number of nitrogens with zero attached hydrogens (tertiary/aromatic N) is 2. The Bertz CT molecular complexity index is 615. The number of carbonyl (C=O) groups excluding carboxylic acids is 1. The Hall–Kier alpha value is -0.720. The normalized spacial score (nSPS) is 42.5. The number of alkyl halides is 1. The fourth-order valence-electron chi connectivity index (χ4n) is 7.64. The molecule has 7 atom stereocenters. The van der Waals surface area contributed by atoms with Crippen molar-refractivity contribution in [2.45, 2.75) is 120 Å². The Morgan fingerprint density at radius 1 is 0.844 bits per heavy atom. The van der Waals surface area contributed by atoms with Crippen molar-refractivity contribution in [2.24, 2.45) is 11.8 Å². The van der Waals surface area contributed by atoms with Gasteiger partial charge in [-0.15, -0.1) is 0 Å². The molecule has 32 heavy (non-hydrogen) atoms. The van der Waals surface area contributed by atoms with E-state index >= 15 is 0 Å². The number of piperazine rings is 1.